The van der Waals surface area contributed by atoms with Crippen molar-refractivity contribution in [1.82, 2.24) is 15.3 Å². The molecule has 0 aliphatic rings. The van der Waals surface area contributed by atoms with Crippen LogP contribution in [-0.4, -0.2) is 46.1 Å². The molecule has 6 N–H and O–H groups in total. The van der Waals surface area contributed by atoms with E-state index in [-0.39, 0.29) is 34.4 Å². The number of aromatic carboxylic acids is 1. The molecule has 6 aromatic rings. The molecule has 0 spiro atoms. The number of carboxylic acid groups (broad SMARTS) is 1. The zero-order valence-corrected chi connectivity index (χ0v) is 33.4. The highest BCUT2D eigenvalue weighted by Gasteiger charge is 2.34. The number of anilines is 4. The molecule has 0 bridgehead atoms. The maximum Gasteiger partial charge on any atom is 0.417 e. The van der Waals surface area contributed by atoms with E-state index < -0.39 is 51.6 Å². The Labute approximate surface area is 362 Å². The van der Waals surface area contributed by atoms with Gasteiger partial charge in [0.2, 0.25) is 0 Å². The van der Waals surface area contributed by atoms with E-state index in [2.05, 4.69) is 36.6 Å². The molecule has 0 atom stereocenters. The summed E-state index contributed by atoms with van der Waals surface area (Å²) < 4.78 is 88.7. The second kappa shape index (κ2) is 20.3. The molecule has 2 heterocycles. The number of pyridine rings is 2. The standard InChI is InChI=1S/C21H16ClF3N4O3.C20H13ClF3N3O4/c1-26-19(30)18-11-15(8-9-27-18)32-14-5-2-12(3-6-14)28-20(31)29-13-4-7-17(22)16(10-13)21(23,24)25;21-16-6-3-12(9-15(16)20(22,23)24)27-19(30)26-11-1-4-13(5-2-11)31-14-7-8-25-17(10-14)18(28)29/h2-11H,1H3,(H,26,30)(H2,28,29,31);1-10H,(H,28,29)(H2,26,27,30). The van der Waals surface area contributed by atoms with Crippen molar-refractivity contribution in [2.75, 3.05) is 28.3 Å². The van der Waals surface area contributed by atoms with Crippen LogP contribution in [0.2, 0.25) is 10.0 Å². The summed E-state index contributed by atoms with van der Waals surface area (Å²) in [4.78, 5) is 54.4. The average Bonchev–Trinajstić information content (AvgIpc) is 3.23. The van der Waals surface area contributed by atoms with Gasteiger partial charge in [-0.05, 0) is 97.1 Å². The molecule has 14 nitrogen and oxygen atoms in total. The number of hydrogen-bond donors (Lipinski definition) is 6. The summed E-state index contributed by atoms with van der Waals surface area (Å²) in [6, 6.07) is 22.6. The summed E-state index contributed by atoms with van der Waals surface area (Å²) in [5, 5.41) is 20.1. The summed E-state index contributed by atoms with van der Waals surface area (Å²) in [6.45, 7) is 0. The van der Waals surface area contributed by atoms with Crippen LogP contribution in [0.5, 0.6) is 23.0 Å². The molecular weight excluding hydrogens is 887 g/mol. The Kier molecular flexibility index (Phi) is 15.0. The van der Waals surface area contributed by atoms with Crippen LogP contribution in [0.25, 0.3) is 0 Å². The number of benzene rings is 4. The first-order valence-corrected chi connectivity index (χ1v) is 18.4. The predicted octanol–water partition coefficient (Wildman–Crippen LogP) is 11.4. The molecule has 2 aromatic heterocycles. The number of carbonyl (C=O) groups excluding carboxylic acids is 3. The lowest BCUT2D eigenvalue weighted by molar-refractivity contribution is -0.138. The highest BCUT2D eigenvalue weighted by Crippen LogP contribution is 2.37. The third-order valence-electron chi connectivity index (χ3n) is 7.90. The molecule has 0 aliphatic heterocycles. The Morgan fingerprint density at radius 1 is 0.524 bits per heavy atom. The molecule has 0 aliphatic carbocycles. The highest BCUT2D eigenvalue weighted by molar-refractivity contribution is 6.32. The minimum absolute atomic E-state index is 0.0659. The second-order valence-electron chi connectivity index (χ2n) is 12.4. The smallest absolute Gasteiger partial charge is 0.417 e. The van der Waals surface area contributed by atoms with Crippen LogP contribution in [0.3, 0.4) is 0 Å². The fourth-order valence-electron chi connectivity index (χ4n) is 5.03. The number of nitrogens with zero attached hydrogens (tertiary/aromatic N) is 2. The number of ether oxygens (including phenoxy) is 2. The Morgan fingerprint density at radius 2 is 0.889 bits per heavy atom. The minimum atomic E-state index is -4.65. The van der Waals surface area contributed by atoms with E-state index in [1.807, 2.05) is 0 Å². The van der Waals surface area contributed by atoms with Crippen molar-refractivity contribution in [1.29, 1.82) is 0 Å². The first kappa shape index (κ1) is 46.5. The fraction of sp³-hybridized carbons (Fsp3) is 0.0732. The number of carbonyl (C=O) groups is 4. The van der Waals surface area contributed by atoms with E-state index >= 15 is 0 Å². The predicted molar refractivity (Wildman–Crippen MR) is 220 cm³/mol. The van der Waals surface area contributed by atoms with Crippen LogP contribution in [0, 0.1) is 0 Å². The van der Waals surface area contributed by atoms with Crippen LogP contribution in [0.1, 0.15) is 32.1 Å². The van der Waals surface area contributed by atoms with Crippen LogP contribution in [0.15, 0.2) is 122 Å². The molecular formula is C41H29Cl2F6N7O7. The van der Waals surface area contributed by atoms with Gasteiger partial charge in [-0.2, -0.15) is 26.3 Å². The first-order chi connectivity index (χ1) is 29.8. The Hall–Kier alpha value is -7.58. The number of rotatable bonds is 10. The summed E-state index contributed by atoms with van der Waals surface area (Å²) in [5.41, 5.74) is -1.52. The monoisotopic (exact) mass is 915 g/mol. The SMILES string of the molecule is CNC(=O)c1cc(Oc2ccc(NC(=O)Nc3ccc(Cl)c(C(F)(F)F)c3)cc2)ccn1.O=C(Nc1ccc(Oc2ccnc(C(=O)O)c2)cc1)Nc1ccc(Cl)c(C(F)(F)F)c1. The van der Waals surface area contributed by atoms with Gasteiger partial charge < -0.3 is 41.2 Å². The van der Waals surface area contributed by atoms with Gasteiger partial charge in [0.05, 0.1) is 21.2 Å². The van der Waals surface area contributed by atoms with Crippen molar-refractivity contribution >= 4 is 69.9 Å². The second-order valence-corrected chi connectivity index (χ2v) is 13.2. The van der Waals surface area contributed by atoms with Crippen LogP contribution < -0.4 is 36.1 Å². The maximum absolute atomic E-state index is 12.9. The van der Waals surface area contributed by atoms with Crippen molar-refractivity contribution in [3.63, 3.8) is 0 Å². The van der Waals surface area contributed by atoms with E-state index in [0.717, 1.165) is 24.3 Å². The van der Waals surface area contributed by atoms with Crippen molar-refractivity contribution < 1.29 is 60.1 Å². The Morgan fingerprint density at radius 3 is 1.27 bits per heavy atom. The molecule has 0 unspecified atom stereocenters. The van der Waals surface area contributed by atoms with Crippen molar-refractivity contribution in [3.8, 4) is 23.0 Å². The van der Waals surface area contributed by atoms with Gasteiger partial charge in [0.15, 0.2) is 5.69 Å². The zero-order chi connectivity index (χ0) is 45.9. The number of halogens is 8. The number of urea groups is 2. The summed E-state index contributed by atoms with van der Waals surface area (Å²) in [7, 11) is 1.49. The third kappa shape index (κ3) is 13.7. The van der Waals surface area contributed by atoms with Gasteiger partial charge in [-0.1, -0.05) is 23.2 Å². The van der Waals surface area contributed by atoms with E-state index in [1.165, 1.54) is 74.0 Å². The maximum atomic E-state index is 12.9. The normalized spacial score (nSPS) is 10.9. The molecule has 22 heteroatoms. The molecule has 4 aromatic carbocycles. The van der Waals surface area contributed by atoms with Gasteiger partial charge in [-0.15, -0.1) is 0 Å². The van der Waals surface area contributed by atoms with Crippen LogP contribution >= 0.6 is 23.2 Å². The largest absolute Gasteiger partial charge is 0.477 e. The Bertz CT molecular complexity index is 2620. The van der Waals surface area contributed by atoms with Crippen LogP contribution in [0.4, 0.5) is 58.7 Å². The zero-order valence-electron chi connectivity index (χ0n) is 31.9. The van der Waals surface area contributed by atoms with E-state index in [1.54, 1.807) is 30.3 Å². The number of nitrogens with one attached hydrogen (secondary N) is 5. The lowest BCUT2D eigenvalue weighted by atomic mass is 10.2. The summed E-state index contributed by atoms with van der Waals surface area (Å²) in [5.74, 6) is -0.115. The fourth-order valence-corrected chi connectivity index (χ4v) is 5.48. The molecule has 0 fully saturated rings. The van der Waals surface area contributed by atoms with Crippen molar-refractivity contribution in [2.24, 2.45) is 0 Å². The Balaban J connectivity index is 0.000000238. The van der Waals surface area contributed by atoms with Gasteiger partial charge in [0, 0.05) is 54.3 Å². The molecule has 0 saturated heterocycles. The van der Waals surface area contributed by atoms with Gasteiger partial charge >= 0.3 is 30.4 Å². The van der Waals surface area contributed by atoms with Crippen LogP contribution in [-0.2, 0) is 12.4 Å². The van der Waals surface area contributed by atoms with E-state index in [9.17, 15) is 45.5 Å². The minimum Gasteiger partial charge on any atom is -0.477 e. The third-order valence-corrected chi connectivity index (χ3v) is 8.56. The number of hydrogen-bond acceptors (Lipinski definition) is 8. The number of carboxylic acids is 1. The first-order valence-electron chi connectivity index (χ1n) is 17.6. The highest BCUT2D eigenvalue weighted by atomic mass is 35.5. The number of alkyl halides is 6. The molecule has 0 radical (unpaired) electrons. The number of aromatic nitrogens is 2. The lowest BCUT2D eigenvalue weighted by Crippen LogP contribution is -2.19. The average molecular weight is 917 g/mol. The molecule has 326 valence electrons. The lowest BCUT2D eigenvalue weighted by Gasteiger charge is -2.12. The van der Waals surface area contributed by atoms with Crippen molar-refractivity contribution in [3.05, 3.63) is 154 Å². The molecule has 63 heavy (non-hydrogen) atoms. The van der Waals surface area contributed by atoms with Gasteiger partial charge in [-0.25, -0.2) is 19.4 Å². The van der Waals surface area contributed by atoms with Gasteiger partial charge in [0.25, 0.3) is 5.91 Å². The summed E-state index contributed by atoms with van der Waals surface area (Å²) >= 11 is 11.1. The van der Waals surface area contributed by atoms with E-state index in [0.29, 0.717) is 28.6 Å². The molecule has 0 saturated carbocycles. The topological polar surface area (TPSA) is 193 Å². The molecule has 5 amide bonds. The quantitative estimate of drug-likeness (QED) is 0.0725. The van der Waals surface area contributed by atoms with Gasteiger partial charge in [0.1, 0.15) is 28.7 Å². The van der Waals surface area contributed by atoms with Gasteiger partial charge in [-0.3, -0.25) is 9.78 Å². The summed E-state index contributed by atoms with van der Waals surface area (Å²) in [6.07, 6.45) is -6.57. The molecule has 6 rings (SSSR count). The van der Waals surface area contributed by atoms with E-state index in [4.69, 9.17) is 37.8 Å². The van der Waals surface area contributed by atoms with Crippen molar-refractivity contribution in [2.45, 2.75) is 12.4 Å². The number of amides is 5.